The fraction of sp³-hybridized carbons (Fsp3) is 0.429. The van der Waals surface area contributed by atoms with Gasteiger partial charge in [0.25, 0.3) is 0 Å². The summed E-state index contributed by atoms with van der Waals surface area (Å²) in [6.07, 6.45) is -0.751. The molecule has 0 aliphatic carbocycles. The van der Waals surface area contributed by atoms with Crippen molar-refractivity contribution in [1.29, 1.82) is 0 Å². The topological polar surface area (TPSA) is 116 Å². The average Bonchev–Trinajstić information content (AvgIpc) is 2.36. The van der Waals surface area contributed by atoms with E-state index in [1.165, 1.54) is 12.1 Å². The van der Waals surface area contributed by atoms with E-state index in [0.29, 0.717) is 11.0 Å². The van der Waals surface area contributed by atoms with E-state index in [4.69, 9.17) is 14.8 Å². The van der Waals surface area contributed by atoms with E-state index >= 15 is 0 Å². The van der Waals surface area contributed by atoms with Gasteiger partial charge in [0.15, 0.2) is 0 Å². The van der Waals surface area contributed by atoms with Gasteiger partial charge in [-0.25, -0.2) is 9.59 Å². The minimum atomic E-state index is -1.58. The van der Waals surface area contributed by atoms with Crippen molar-refractivity contribution in [3.05, 3.63) is 29.8 Å². The Morgan fingerprint density at radius 1 is 1.23 bits per heavy atom. The summed E-state index contributed by atoms with van der Waals surface area (Å²) in [6.45, 7) is 5.05. The molecule has 0 unspecified atom stereocenters. The number of carboxylic acid groups (broad SMARTS) is 1. The summed E-state index contributed by atoms with van der Waals surface area (Å²) in [4.78, 5) is 22.9. The van der Waals surface area contributed by atoms with Crippen LogP contribution in [0.15, 0.2) is 24.3 Å². The van der Waals surface area contributed by atoms with Gasteiger partial charge in [0.05, 0.1) is 0 Å². The molecule has 1 aromatic rings. The van der Waals surface area contributed by atoms with Crippen LogP contribution in [0.3, 0.4) is 0 Å². The number of rotatable bonds is 5. The summed E-state index contributed by atoms with van der Waals surface area (Å²) in [5.74, 6) is -1.18. The number of hydrogen-bond acceptors (Lipinski definition) is 5. The molecule has 0 bridgehead atoms. The molecule has 0 fully saturated rings. The highest BCUT2D eigenvalue weighted by molar-refractivity contribution is 6.58. The summed E-state index contributed by atoms with van der Waals surface area (Å²) in [6, 6.07) is 4.96. The van der Waals surface area contributed by atoms with Gasteiger partial charge in [0, 0.05) is 6.42 Å². The third-order valence-electron chi connectivity index (χ3n) is 2.71. The Bertz CT molecular complexity index is 523. The van der Waals surface area contributed by atoms with E-state index in [9.17, 15) is 14.7 Å². The van der Waals surface area contributed by atoms with Gasteiger partial charge in [0.1, 0.15) is 11.6 Å². The van der Waals surface area contributed by atoms with E-state index in [2.05, 4.69) is 5.32 Å². The third-order valence-corrected chi connectivity index (χ3v) is 2.71. The van der Waals surface area contributed by atoms with Gasteiger partial charge in [-0.1, -0.05) is 24.3 Å². The molecule has 0 saturated heterocycles. The van der Waals surface area contributed by atoms with Crippen LogP contribution in [0.2, 0.25) is 0 Å². The molecule has 7 nitrogen and oxygen atoms in total. The number of alkyl carbamates (subject to hydrolysis) is 1. The van der Waals surface area contributed by atoms with Crippen LogP contribution in [0.5, 0.6) is 0 Å². The van der Waals surface area contributed by atoms with Crippen LogP contribution in [-0.2, 0) is 16.0 Å². The minimum Gasteiger partial charge on any atom is -0.480 e. The second-order valence-electron chi connectivity index (χ2n) is 5.86. The smallest absolute Gasteiger partial charge is 0.480 e. The minimum absolute atomic E-state index is 0.0520. The molecule has 0 aliphatic heterocycles. The predicted octanol–water partition coefficient (Wildman–Crippen LogP) is -0.113. The highest BCUT2D eigenvalue weighted by atomic mass is 16.6. The third kappa shape index (κ3) is 6.15. The second kappa shape index (κ2) is 7.28. The zero-order chi connectivity index (χ0) is 16.9. The number of carbonyl (C=O) groups is 2. The lowest BCUT2D eigenvalue weighted by atomic mass is 9.80. The Balaban J connectivity index is 2.72. The van der Waals surface area contributed by atoms with Crippen molar-refractivity contribution in [2.24, 2.45) is 0 Å². The van der Waals surface area contributed by atoms with Crippen LogP contribution in [-0.4, -0.2) is 46.0 Å². The van der Waals surface area contributed by atoms with Crippen LogP contribution in [0.1, 0.15) is 26.3 Å². The number of ether oxygens (including phenoxy) is 1. The summed E-state index contributed by atoms with van der Waals surface area (Å²) < 4.78 is 5.03. The molecule has 1 rings (SSSR count). The van der Waals surface area contributed by atoms with Gasteiger partial charge in [-0.2, -0.15) is 0 Å². The monoisotopic (exact) mass is 309 g/mol. The normalized spacial score (nSPS) is 12.4. The number of carbonyl (C=O) groups excluding carboxylic acids is 1. The molecule has 1 aromatic carbocycles. The van der Waals surface area contributed by atoms with Gasteiger partial charge < -0.3 is 25.2 Å². The molecule has 1 atom stereocenters. The Morgan fingerprint density at radius 2 is 1.77 bits per heavy atom. The Labute approximate surface area is 129 Å². The SMILES string of the molecule is CC(C)(C)OC(=O)N[C@H](Cc1ccc(B(O)O)cc1)C(=O)O. The van der Waals surface area contributed by atoms with Gasteiger partial charge in [-0.05, 0) is 31.8 Å². The highest BCUT2D eigenvalue weighted by Gasteiger charge is 2.24. The molecule has 8 heteroatoms. The maximum absolute atomic E-state index is 11.6. The summed E-state index contributed by atoms with van der Waals surface area (Å²) in [7, 11) is -1.58. The Morgan fingerprint density at radius 3 is 2.18 bits per heavy atom. The number of nitrogens with one attached hydrogen (secondary N) is 1. The Hall–Kier alpha value is -2.06. The predicted molar refractivity (Wildman–Crippen MR) is 80.8 cm³/mol. The molecule has 120 valence electrons. The van der Waals surface area contributed by atoms with E-state index in [1.807, 2.05) is 0 Å². The van der Waals surface area contributed by atoms with Crippen molar-refractivity contribution >= 4 is 24.6 Å². The Kier molecular flexibility index (Phi) is 5.96. The van der Waals surface area contributed by atoms with E-state index in [1.54, 1.807) is 32.9 Å². The van der Waals surface area contributed by atoms with Crippen molar-refractivity contribution in [3.8, 4) is 0 Å². The van der Waals surface area contributed by atoms with Gasteiger partial charge in [-0.15, -0.1) is 0 Å². The van der Waals surface area contributed by atoms with Crippen LogP contribution in [0.4, 0.5) is 4.79 Å². The van der Waals surface area contributed by atoms with Gasteiger partial charge in [0.2, 0.25) is 0 Å². The molecular formula is C14H20BNO6. The van der Waals surface area contributed by atoms with E-state index in [0.717, 1.165) is 0 Å². The zero-order valence-electron chi connectivity index (χ0n) is 12.7. The summed E-state index contributed by atoms with van der Waals surface area (Å²) >= 11 is 0. The first kappa shape index (κ1) is 18.0. The molecule has 0 aliphatic rings. The zero-order valence-corrected chi connectivity index (χ0v) is 12.7. The molecule has 0 radical (unpaired) electrons. The van der Waals surface area contributed by atoms with Crippen molar-refractivity contribution < 1.29 is 29.5 Å². The summed E-state index contributed by atoms with van der Waals surface area (Å²) in [5.41, 5.74) is 0.218. The number of amides is 1. The van der Waals surface area contributed by atoms with Crippen LogP contribution < -0.4 is 10.8 Å². The number of aliphatic carboxylic acids is 1. The van der Waals surface area contributed by atoms with Gasteiger partial charge >= 0.3 is 19.2 Å². The van der Waals surface area contributed by atoms with Crippen LogP contribution in [0, 0.1) is 0 Å². The maximum atomic E-state index is 11.6. The van der Waals surface area contributed by atoms with Crippen LogP contribution >= 0.6 is 0 Å². The lowest BCUT2D eigenvalue weighted by Gasteiger charge is -2.22. The number of carboxylic acids is 1. The molecule has 4 N–H and O–H groups in total. The molecule has 0 spiro atoms. The first-order valence-corrected chi connectivity index (χ1v) is 6.76. The van der Waals surface area contributed by atoms with Crippen LogP contribution in [0.25, 0.3) is 0 Å². The first-order chi connectivity index (χ1) is 10.1. The maximum Gasteiger partial charge on any atom is 0.488 e. The van der Waals surface area contributed by atoms with Crippen molar-refractivity contribution in [2.45, 2.75) is 38.8 Å². The molecule has 0 saturated carbocycles. The van der Waals surface area contributed by atoms with Gasteiger partial charge in [-0.3, -0.25) is 0 Å². The van der Waals surface area contributed by atoms with Crippen molar-refractivity contribution in [2.75, 3.05) is 0 Å². The number of benzene rings is 1. The number of hydrogen-bond donors (Lipinski definition) is 4. The largest absolute Gasteiger partial charge is 0.488 e. The molecule has 0 heterocycles. The van der Waals surface area contributed by atoms with Crippen molar-refractivity contribution in [3.63, 3.8) is 0 Å². The standard InChI is InChI=1S/C14H20BNO6/c1-14(2,3)22-13(19)16-11(12(17)18)8-9-4-6-10(7-5-9)15(20)21/h4-7,11,20-21H,8H2,1-3H3,(H,16,19)(H,17,18)/t11-/m1/s1. The molecular weight excluding hydrogens is 289 g/mol. The van der Waals surface area contributed by atoms with Crippen molar-refractivity contribution in [1.82, 2.24) is 5.32 Å². The fourth-order valence-corrected chi connectivity index (χ4v) is 1.71. The second-order valence-corrected chi connectivity index (χ2v) is 5.86. The quantitative estimate of drug-likeness (QED) is 0.564. The summed E-state index contributed by atoms with van der Waals surface area (Å²) in [5, 5.41) is 29.5. The average molecular weight is 309 g/mol. The fourth-order valence-electron chi connectivity index (χ4n) is 1.71. The molecule has 0 aromatic heterocycles. The highest BCUT2D eigenvalue weighted by Crippen LogP contribution is 2.08. The first-order valence-electron chi connectivity index (χ1n) is 6.76. The molecule has 1 amide bonds. The molecule has 22 heavy (non-hydrogen) atoms. The lowest BCUT2D eigenvalue weighted by molar-refractivity contribution is -0.139. The van der Waals surface area contributed by atoms with E-state index < -0.39 is 30.8 Å². The lowest BCUT2D eigenvalue weighted by Crippen LogP contribution is -2.44. The van der Waals surface area contributed by atoms with E-state index in [-0.39, 0.29) is 6.42 Å².